The Balaban J connectivity index is 2.57. The van der Waals surface area contributed by atoms with Crippen LogP contribution in [0.5, 0.6) is 0 Å². The fraction of sp³-hybridized carbons (Fsp3) is 0.444. The average molecular weight is 182 g/mol. The summed E-state index contributed by atoms with van der Waals surface area (Å²) in [6.45, 7) is 0. The van der Waals surface area contributed by atoms with Crippen molar-refractivity contribution >= 4 is 5.97 Å². The van der Waals surface area contributed by atoms with E-state index >= 15 is 0 Å². The molecule has 1 unspecified atom stereocenters. The highest BCUT2D eigenvalue weighted by Crippen LogP contribution is 2.19. The van der Waals surface area contributed by atoms with E-state index in [0.29, 0.717) is 6.42 Å². The van der Waals surface area contributed by atoms with E-state index in [9.17, 15) is 4.79 Å². The summed E-state index contributed by atoms with van der Waals surface area (Å²) in [7, 11) is 0. The summed E-state index contributed by atoms with van der Waals surface area (Å²) in [5, 5.41) is 8.60. The molecule has 0 radical (unpaired) electrons. The Morgan fingerprint density at radius 2 is 2.31 bits per heavy atom. The van der Waals surface area contributed by atoms with Crippen molar-refractivity contribution < 1.29 is 9.90 Å². The van der Waals surface area contributed by atoms with Crippen LogP contribution in [-0.2, 0) is 4.79 Å². The second-order valence-corrected chi connectivity index (χ2v) is 3.37. The molecule has 2 atom stereocenters. The van der Waals surface area contributed by atoms with E-state index < -0.39 is 17.6 Å². The molecule has 0 bridgehead atoms. The van der Waals surface area contributed by atoms with Crippen molar-refractivity contribution in [3.05, 3.63) is 24.3 Å². The first-order valence-electron chi connectivity index (χ1n) is 4.15. The Hall–Kier alpha value is -1.13. The van der Waals surface area contributed by atoms with Crippen LogP contribution in [0.2, 0.25) is 0 Å². The molecule has 0 saturated carbocycles. The number of hydrogen-bond donors (Lipinski definition) is 3. The third kappa shape index (κ3) is 2.68. The number of allylic oxidation sites excluding steroid dienone is 2. The zero-order valence-corrected chi connectivity index (χ0v) is 7.31. The first-order chi connectivity index (χ1) is 6.03. The summed E-state index contributed by atoms with van der Waals surface area (Å²) in [6.07, 6.45) is 8.33. The molecule has 0 aromatic carbocycles. The quantitative estimate of drug-likeness (QED) is 0.573. The number of carbonyl (C=O) groups is 1. The Morgan fingerprint density at radius 3 is 2.77 bits per heavy atom. The summed E-state index contributed by atoms with van der Waals surface area (Å²) in [5.74, 6) is -1.01. The molecule has 0 aliphatic heterocycles. The molecule has 5 N–H and O–H groups in total. The van der Waals surface area contributed by atoms with Gasteiger partial charge < -0.3 is 16.6 Å². The van der Waals surface area contributed by atoms with Gasteiger partial charge >= 0.3 is 5.97 Å². The SMILES string of the molecule is N[C@@H](CC1(N)C=CC=CC1)C(=O)O. The lowest BCUT2D eigenvalue weighted by atomic mass is 9.86. The highest BCUT2D eigenvalue weighted by atomic mass is 16.4. The molecule has 0 aromatic rings. The second kappa shape index (κ2) is 3.72. The van der Waals surface area contributed by atoms with Crippen LogP contribution in [0, 0.1) is 0 Å². The van der Waals surface area contributed by atoms with Gasteiger partial charge in [-0.3, -0.25) is 4.79 Å². The molecule has 0 amide bonds. The van der Waals surface area contributed by atoms with Crippen molar-refractivity contribution in [1.82, 2.24) is 0 Å². The summed E-state index contributed by atoms with van der Waals surface area (Å²) in [5.41, 5.74) is 10.7. The van der Waals surface area contributed by atoms with Crippen LogP contribution < -0.4 is 11.5 Å². The van der Waals surface area contributed by atoms with Crippen LogP contribution in [0.1, 0.15) is 12.8 Å². The van der Waals surface area contributed by atoms with Gasteiger partial charge in [0, 0.05) is 5.54 Å². The predicted molar refractivity (Wildman–Crippen MR) is 50.0 cm³/mol. The smallest absolute Gasteiger partial charge is 0.320 e. The number of rotatable bonds is 3. The Labute approximate surface area is 76.9 Å². The highest BCUT2D eigenvalue weighted by molar-refractivity contribution is 5.73. The average Bonchev–Trinajstić information content (AvgIpc) is 2.04. The normalized spacial score (nSPS) is 28.8. The van der Waals surface area contributed by atoms with Crippen LogP contribution in [0.3, 0.4) is 0 Å². The molecule has 1 rings (SSSR count). The number of carboxylic acids is 1. The topological polar surface area (TPSA) is 89.3 Å². The maximum absolute atomic E-state index is 10.5. The fourth-order valence-corrected chi connectivity index (χ4v) is 1.33. The number of hydrogen-bond acceptors (Lipinski definition) is 3. The van der Waals surface area contributed by atoms with E-state index in [0.717, 1.165) is 0 Å². The zero-order chi connectivity index (χ0) is 9.90. The van der Waals surface area contributed by atoms with Crippen LogP contribution in [-0.4, -0.2) is 22.7 Å². The van der Waals surface area contributed by atoms with Crippen molar-refractivity contribution in [2.45, 2.75) is 24.4 Å². The second-order valence-electron chi connectivity index (χ2n) is 3.37. The van der Waals surface area contributed by atoms with Crippen molar-refractivity contribution in [2.24, 2.45) is 11.5 Å². The van der Waals surface area contributed by atoms with Crippen LogP contribution in [0.15, 0.2) is 24.3 Å². The predicted octanol–water partition coefficient (Wildman–Crippen LogP) is 0.00200. The lowest BCUT2D eigenvalue weighted by molar-refractivity contribution is -0.138. The van der Waals surface area contributed by atoms with Crippen LogP contribution in [0.25, 0.3) is 0 Å². The van der Waals surface area contributed by atoms with Gasteiger partial charge in [-0.15, -0.1) is 0 Å². The summed E-state index contributed by atoms with van der Waals surface area (Å²) in [6, 6.07) is -0.888. The molecule has 1 aliphatic carbocycles. The molecule has 0 saturated heterocycles. The molecule has 1 aliphatic rings. The van der Waals surface area contributed by atoms with Gasteiger partial charge in [-0.2, -0.15) is 0 Å². The third-order valence-corrected chi connectivity index (χ3v) is 2.09. The number of carboxylic acid groups (broad SMARTS) is 1. The molecule has 0 fully saturated rings. The zero-order valence-electron chi connectivity index (χ0n) is 7.31. The van der Waals surface area contributed by atoms with E-state index in [1.165, 1.54) is 0 Å². The first-order valence-corrected chi connectivity index (χ1v) is 4.15. The van der Waals surface area contributed by atoms with Gasteiger partial charge in [0.2, 0.25) is 0 Å². The van der Waals surface area contributed by atoms with Crippen molar-refractivity contribution in [1.29, 1.82) is 0 Å². The minimum Gasteiger partial charge on any atom is -0.480 e. The largest absolute Gasteiger partial charge is 0.480 e. The molecule has 4 nitrogen and oxygen atoms in total. The Kier molecular flexibility index (Phi) is 2.85. The Morgan fingerprint density at radius 1 is 1.62 bits per heavy atom. The summed E-state index contributed by atoms with van der Waals surface area (Å²) < 4.78 is 0. The van der Waals surface area contributed by atoms with E-state index in [-0.39, 0.29) is 6.42 Å². The standard InChI is InChI=1S/C9H14N2O2/c10-7(8(12)13)6-9(11)4-2-1-3-5-9/h1-4,7H,5-6,10-11H2,(H,12,13)/t7-,9?/m0/s1. The molecule has 72 valence electrons. The lowest BCUT2D eigenvalue weighted by Gasteiger charge is -2.27. The van der Waals surface area contributed by atoms with Gasteiger partial charge in [-0.05, 0) is 12.8 Å². The first kappa shape index (κ1) is 9.95. The third-order valence-electron chi connectivity index (χ3n) is 2.09. The molecule has 0 heterocycles. The maximum Gasteiger partial charge on any atom is 0.320 e. The van der Waals surface area contributed by atoms with Crippen LogP contribution >= 0.6 is 0 Å². The van der Waals surface area contributed by atoms with Crippen molar-refractivity contribution in [3.63, 3.8) is 0 Å². The van der Waals surface area contributed by atoms with E-state index in [4.69, 9.17) is 16.6 Å². The molecular weight excluding hydrogens is 168 g/mol. The van der Waals surface area contributed by atoms with E-state index in [2.05, 4.69) is 0 Å². The maximum atomic E-state index is 10.5. The monoisotopic (exact) mass is 182 g/mol. The molecule has 0 aromatic heterocycles. The van der Waals surface area contributed by atoms with Gasteiger partial charge in [0.25, 0.3) is 0 Å². The summed E-state index contributed by atoms with van der Waals surface area (Å²) in [4.78, 5) is 10.5. The van der Waals surface area contributed by atoms with Gasteiger partial charge in [-0.25, -0.2) is 0 Å². The van der Waals surface area contributed by atoms with Crippen molar-refractivity contribution in [3.8, 4) is 0 Å². The minimum absolute atomic E-state index is 0.267. The number of nitrogens with two attached hydrogens (primary N) is 2. The number of aliphatic carboxylic acids is 1. The minimum atomic E-state index is -1.01. The highest BCUT2D eigenvalue weighted by Gasteiger charge is 2.27. The molecule has 4 heteroatoms. The van der Waals surface area contributed by atoms with Gasteiger partial charge in [0.1, 0.15) is 6.04 Å². The summed E-state index contributed by atoms with van der Waals surface area (Å²) >= 11 is 0. The fourth-order valence-electron chi connectivity index (χ4n) is 1.33. The molecular formula is C9H14N2O2. The molecule has 0 spiro atoms. The van der Waals surface area contributed by atoms with Gasteiger partial charge in [-0.1, -0.05) is 24.3 Å². The van der Waals surface area contributed by atoms with Gasteiger partial charge in [0.15, 0.2) is 0 Å². The Bertz CT molecular complexity index is 260. The molecule has 13 heavy (non-hydrogen) atoms. The van der Waals surface area contributed by atoms with Gasteiger partial charge in [0.05, 0.1) is 0 Å². The van der Waals surface area contributed by atoms with Crippen LogP contribution in [0.4, 0.5) is 0 Å². The van der Waals surface area contributed by atoms with E-state index in [1.807, 2.05) is 18.2 Å². The van der Waals surface area contributed by atoms with Crippen molar-refractivity contribution in [2.75, 3.05) is 0 Å². The van der Waals surface area contributed by atoms with E-state index in [1.54, 1.807) is 6.08 Å². The lowest BCUT2D eigenvalue weighted by Crippen LogP contribution is -2.46.